The van der Waals surface area contributed by atoms with Gasteiger partial charge in [0.05, 0.1) is 6.07 Å². The Hall–Kier alpha value is -1.74. The molecule has 1 atom stereocenters. The summed E-state index contributed by atoms with van der Waals surface area (Å²) >= 11 is 0. The van der Waals surface area contributed by atoms with Crippen LogP contribution in [0.4, 0.5) is 4.39 Å². The molecule has 0 N–H and O–H groups in total. The van der Waals surface area contributed by atoms with Crippen molar-refractivity contribution in [3.8, 4) is 6.07 Å². The van der Waals surface area contributed by atoms with Gasteiger partial charge in [0.1, 0.15) is 16.5 Å². The molecule has 0 bridgehead atoms. The molecule has 0 aromatic heterocycles. The van der Waals surface area contributed by atoms with Crippen molar-refractivity contribution in [2.75, 3.05) is 6.26 Å². The molecule has 19 heavy (non-hydrogen) atoms. The van der Waals surface area contributed by atoms with E-state index in [0.29, 0.717) is 0 Å². The van der Waals surface area contributed by atoms with Crippen molar-refractivity contribution in [2.24, 2.45) is 0 Å². The number of carbonyl (C=O) groups excluding carboxylic acids is 1. The Morgan fingerprint density at radius 3 is 2.16 bits per heavy atom. The molecule has 1 unspecified atom stereocenters. The lowest BCUT2D eigenvalue weighted by Crippen LogP contribution is -2.42. The van der Waals surface area contributed by atoms with Gasteiger partial charge in [-0.15, -0.1) is 0 Å². The van der Waals surface area contributed by atoms with Crippen molar-refractivity contribution < 1.29 is 17.6 Å². The van der Waals surface area contributed by atoms with Gasteiger partial charge in [0, 0.05) is 6.26 Å². The maximum absolute atomic E-state index is 12.8. The van der Waals surface area contributed by atoms with Crippen LogP contribution in [0.15, 0.2) is 24.3 Å². The van der Waals surface area contributed by atoms with Crippen LogP contribution in [-0.4, -0.2) is 25.2 Å². The molecule has 0 aliphatic heterocycles. The molecule has 0 saturated heterocycles. The van der Waals surface area contributed by atoms with E-state index in [-0.39, 0.29) is 5.56 Å². The lowest BCUT2D eigenvalue weighted by molar-refractivity contribution is -0.121. The van der Waals surface area contributed by atoms with E-state index < -0.39 is 32.1 Å². The Morgan fingerprint density at radius 1 is 1.32 bits per heavy atom. The number of carbonyl (C=O) groups is 1. The van der Waals surface area contributed by atoms with Crippen LogP contribution in [0.2, 0.25) is 0 Å². The van der Waals surface area contributed by atoms with Crippen molar-refractivity contribution in [1.29, 1.82) is 5.26 Å². The maximum Gasteiger partial charge on any atom is 0.175 e. The van der Waals surface area contributed by atoms with Crippen molar-refractivity contribution in [3.63, 3.8) is 0 Å². The minimum Gasteiger partial charge on any atom is -0.296 e. The number of nitriles is 1. The average Bonchev–Trinajstić information content (AvgIpc) is 2.30. The molecule has 0 aliphatic rings. The summed E-state index contributed by atoms with van der Waals surface area (Å²) in [7, 11) is -3.65. The predicted octanol–water partition coefficient (Wildman–Crippen LogP) is 1.83. The summed E-state index contributed by atoms with van der Waals surface area (Å²) in [5.74, 6) is -2.44. The van der Waals surface area contributed by atoms with Gasteiger partial charge >= 0.3 is 0 Å². The third-order valence-electron chi connectivity index (χ3n) is 3.11. The molecule has 0 aliphatic carbocycles. The van der Waals surface area contributed by atoms with Gasteiger partial charge in [-0.1, -0.05) is 12.1 Å². The van der Waals surface area contributed by atoms with Crippen LogP contribution in [0, 0.1) is 17.1 Å². The highest BCUT2D eigenvalue weighted by molar-refractivity contribution is 7.92. The minimum absolute atomic E-state index is 0.283. The largest absolute Gasteiger partial charge is 0.296 e. The molecule has 1 rings (SSSR count). The third kappa shape index (κ3) is 2.99. The molecule has 0 amide bonds. The lowest BCUT2D eigenvalue weighted by atomic mass is 9.89. The molecule has 0 radical (unpaired) electrons. The summed E-state index contributed by atoms with van der Waals surface area (Å²) in [6.07, 6.45) is 0.948. The van der Waals surface area contributed by atoms with Crippen molar-refractivity contribution in [1.82, 2.24) is 0 Å². The molecular formula is C13H14FNO3S. The first-order chi connectivity index (χ1) is 8.61. The number of Topliss-reactive ketones (excluding diaryl/α,β-unsaturated/α-hetero) is 1. The molecule has 0 fully saturated rings. The normalized spacial score (nSPS) is 13.6. The summed E-state index contributed by atoms with van der Waals surface area (Å²) < 4.78 is 34.4. The average molecular weight is 283 g/mol. The van der Waals surface area contributed by atoms with E-state index in [0.717, 1.165) is 18.4 Å². The van der Waals surface area contributed by atoms with E-state index in [1.54, 1.807) is 6.07 Å². The van der Waals surface area contributed by atoms with Gasteiger partial charge in [-0.2, -0.15) is 5.26 Å². The Balaban J connectivity index is 3.23. The topological polar surface area (TPSA) is 75.0 Å². The fraction of sp³-hybridized carbons (Fsp3) is 0.385. The number of nitrogens with zero attached hydrogens (tertiary/aromatic N) is 1. The number of sulfone groups is 1. The maximum atomic E-state index is 12.8. The van der Waals surface area contributed by atoms with E-state index in [2.05, 4.69) is 0 Å². The first-order valence-electron chi connectivity index (χ1n) is 5.50. The predicted molar refractivity (Wildman–Crippen MR) is 68.7 cm³/mol. The molecule has 0 heterocycles. The fourth-order valence-corrected chi connectivity index (χ4v) is 1.95. The monoisotopic (exact) mass is 283 g/mol. The number of hydrogen-bond acceptors (Lipinski definition) is 4. The first kappa shape index (κ1) is 15.3. The first-order valence-corrected chi connectivity index (χ1v) is 7.39. The van der Waals surface area contributed by atoms with E-state index in [1.165, 1.54) is 26.0 Å². The third-order valence-corrected chi connectivity index (χ3v) is 5.17. The van der Waals surface area contributed by atoms with Crippen LogP contribution >= 0.6 is 0 Å². The number of ketones is 1. The van der Waals surface area contributed by atoms with Gasteiger partial charge in [-0.3, -0.25) is 4.79 Å². The zero-order valence-electron chi connectivity index (χ0n) is 10.8. The second-order valence-electron chi connectivity index (χ2n) is 4.76. The standard InChI is InChI=1S/C13H14FNO3S/c1-13(2,19(3,17)18)12(16)11(8-15)9-4-6-10(14)7-5-9/h4-7,11H,1-3H3. The number of benzene rings is 1. The summed E-state index contributed by atoms with van der Waals surface area (Å²) in [5.41, 5.74) is 0.283. The second kappa shape index (κ2) is 5.10. The van der Waals surface area contributed by atoms with Crippen LogP contribution in [0.1, 0.15) is 25.3 Å². The van der Waals surface area contributed by atoms with Gasteiger partial charge < -0.3 is 0 Å². The molecule has 0 spiro atoms. The van der Waals surface area contributed by atoms with Gasteiger partial charge in [0.15, 0.2) is 15.6 Å². The summed E-state index contributed by atoms with van der Waals surface area (Å²) in [5, 5.41) is 9.09. The van der Waals surface area contributed by atoms with Crippen molar-refractivity contribution >= 4 is 15.6 Å². The van der Waals surface area contributed by atoms with Crippen LogP contribution in [0.3, 0.4) is 0 Å². The Morgan fingerprint density at radius 2 is 1.79 bits per heavy atom. The Bertz CT molecular complexity index is 627. The summed E-state index contributed by atoms with van der Waals surface area (Å²) in [6.45, 7) is 2.52. The highest BCUT2D eigenvalue weighted by atomic mass is 32.2. The highest BCUT2D eigenvalue weighted by Gasteiger charge is 2.42. The van der Waals surface area contributed by atoms with Gasteiger partial charge in [-0.25, -0.2) is 12.8 Å². The minimum atomic E-state index is -3.65. The number of hydrogen-bond donors (Lipinski definition) is 0. The van der Waals surface area contributed by atoms with E-state index in [1.807, 2.05) is 0 Å². The lowest BCUT2D eigenvalue weighted by Gasteiger charge is -2.23. The quantitative estimate of drug-likeness (QED) is 0.844. The fourth-order valence-electron chi connectivity index (χ4n) is 1.47. The van der Waals surface area contributed by atoms with Crippen LogP contribution in [-0.2, 0) is 14.6 Å². The highest BCUT2D eigenvalue weighted by Crippen LogP contribution is 2.27. The zero-order valence-corrected chi connectivity index (χ0v) is 11.7. The van der Waals surface area contributed by atoms with Crippen LogP contribution in [0.25, 0.3) is 0 Å². The van der Waals surface area contributed by atoms with Crippen LogP contribution in [0.5, 0.6) is 0 Å². The second-order valence-corrected chi connectivity index (χ2v) is 7.33. The molecule has 1 aromatic carbocycles. The molecule has 1 aromatic rings. The molecular weight excluding hydrogens is 269 g/mol. The molecule has 4 nitrogen and oxygen atoms in total. The van der Waals surface area contributed by atoms with E-state index in [4.69, 9.17) is 5.26 Å². The van der Waals surface area contributed by atoms with Crippen molar-refractivity contribution in [3.05, 3.63) is 35.6 Å². The van der Waals surface area contributed by atoms with Crippen LogP contribution < -0.4 is 0 Å². The smallest absolute Gasteiger partial charge is 0.175 e. The summed E-state index contributed by atoms with van der Waals surface area (Å²) in [6, 6.07) is 6.64. The Kier molecular flexibility index (Phi) is 4.11. The molecule has 0 saturated carbocycles. The molecule has 6 heteroatoms. The van der Waals surface area contributed by atoms with Gasteiger partial charge in [-0.05, 0) is 31.5 Å². The summed E-state index contributed by atoms with van der Waals surface area (Å²) in [4.78, 5) is 12.2. The zero-order chi connectivity index (χ0) is 14.8. The van der Waals surface area contributed by atoms with E-state index in [9.17, 15) is 17.6 Å². The van der Waals surface area contributed by atoms with E-state index >= 15 is 0 Å². The number of rotatable bonds is 4. The van der Waals surface area contributed by atoms with Gasteiger partial charge in [0.2, 0.25) is 0 Å². The Labute approximate surface area is 111 Å². The van der Waals surface area contributed by atoms with Crippen molar-refractivity contribution in [2.45, 2.75) is 24.5 Å². The molecule has 102 valence electrons. The SMILES string of the molecule is CC(C)(C(=O)C(C#N)c1ccc(F)cc1)S(C)(=O)=O. The van der Waals surface area contributed by atoms with Gasteiger partial charge in [0.25, 0.3) is 0 Å². The number of halogens is 1.